The molecule has 8 nitrogen and oxygen atoms in total. The number of benzene rings is 1. The number of phenols is 1. The topological polar surface area (TPSA) is 128 Å². The highest BCUT2D eigenvalue weighted by Gasteiger charge is 2.27. The van der Waals surface area contributed by atoms with Gasteiger partial charge in [0, 0.05) is 24.6 Å². The molecule has 164 valence electrons. The standard InChI is InChI=1S/C22H30N2O6/c1-11-8-9-17(26)21(28)16(25)7-5-6-14-19(22(29)30-12(11)2)18(27)10-15-20(14)23-13(3)24(15)4/h5-6,8-12,16-17,21-22,25-29H,7H2,1-4H3/t11-,12+,16+,17+,21+,22+/m1/s1. The van der Waals surface area contributed by atoms with E-state index in [9.17, 15) is 25.5 Å². The van der Waals surface area contributed by atoms with Crippen molar-refractivity contribution in [2.75, 3.05) is 0 Å². The molecule has 0 spiro atoms. The van der Waals surface area contributed by atoms with Crippen molar-refractivity contribution < 1.29 is 30.3 Å². The lowest BCUT2D eigenvalue weighted by Gasteiger charge is -2.25. The van der Waals surface area contributed by atoms with Crippen LogP contribution >= 0.6 is 0 Å². The molecule has 0 saturated carbocycles. The molecule has 1 aromatic carbocycles. The smallest absolute Gasteiger partial charge is 0.185 e. The van der Waals surface area contributed by atoms with Crippen molar-refractivity contribution in [1.29, 1.82) is 0 Å². The number of hydrogen-bond donors (Lipinski definition) is 5. The Morgan fingerprint density at radius 1 is 1.13 bits per heavy atom. The first-order valence-electron chi connectivity index (χ1n) is 10.0. The first-order chi connectivity index (χ1) is 14.1. The van der Waals surface area contributed by atoms with Crippen LogP contribution in [0, 0.1) is 12.8 Å². The predicted octanol–water partition coefficient (Wildman–Crippen LogP) is 1.68. The minimum atomic E-state index is -1.41. The number of aryl methyl sites for hydroxylation is 2. The minimum Gasteiger partial charge on any atom is -0.507 e. The molecule has 0 amide bonds. The van der Waals surface area contributed by atoms with E-state index in [0.29, 0.717) is 16.6 Å². The zero-order valence-corrected chi connectivity index (χ0v) is 17.6. The van der Waals surface area contributed by atoms with Gasteiger partial charge in [-0.1, -0.05) is 31.2 Å². The second-order valence-electron chi connectivity index (χ2n) is 7.93. The third kappa shape index (κ3) is 4.28. The predicted molar refractivity (Wildman–Crippen MR) is 113 cm³/mol. The van der Waals surface area contributed by atoms with E-state index in [1.54, 1.807) is 31.2 Å². The Morgan fingerprint density at radius 2 is 1.83 bits per heavy atom. The molecule has 0 bridgehead atoms. The van der Waals surface area contributed by atoms with Crippen molar-refractivity contribution in [2.24, 2.45) is 13.0 Å². The van der Waals surface area contributed by atoms with Gasteiger partial charge in [-0.3, -0.25) is 0 Å². The molecule has 0 radical (unpaired) electrons. The Kier molecular flexibility index (Phi) is 6.64. The fourth-order valence-corrected chi connectivity index (χ4v) is 3.54. The Labute approximate surface area is 175 Å². The molecule has 3 rings (SSSR count). The summed E-state index contributed by atoms with van der Waals surface area (Å²) in [5.74, 6) is 0.381. The van der Waals surface area contributed by atoms with Crippen LogP contribution in [-0.2, 0) is 11.8 Å². The zero-order valence-electron chi connectivity index (χ0n) is 17.6. The molecule has 0 saturated heterocycles. The minimum absolute atomic E-state index is 0.0530. The fraction of sp³-hybridized carbons (Fsp3) is 0.500. The van der Waals surface area contributed by atoms with Gasteiger partial charge in [0.2, 0.25) is 0 Å². The van der Waals surface area contributed by atoms with Crippen LogP contribution in [0.3, 0.4) is 0 Å². The van der Waals surface area contributed by atoms with E-state index in [2.05, 4.69) is 4.98 Å². The molecule has 6 atom stereocenters. The summed E-state index contributed by atoms with van der Waals surface area (Å²) in [4.78, 5) is 4.55. The number of aliphatic hydroxyl groups excluding tert-OH is 4. The van der Waals surface area contributed by atoms with Crippen molar-refractivity contribution >= 4 is 17.1 Å². The number of phenolic OH excluding ortho intramolecular Hbond substituents is 1. The van der Waals surface area contributed by atoms with Crippen LogP contribution in [0.4, 0.5) is 0 Å². The highest BCUT2D eigenvalue weighted by Crippen LogP contribution is 2.37. The lowest BCUT2D eigenvalue weighted by molar-refractivity contribution is -0.144. The maximum atomic E-state index is 10.8. The van der Waals surface area contributed by atoms with Crippen molar-refractivity contribution in [3.63, 3.8) is 0 Å². The summed E-state index contributed by atoms with van der Waals surface area (Å²) in [6.45, 7) is 5.43. The number of aliphatic hydroxyl groups is 4. The summed E-state index contributed by atoms with van der Waals surface area (Å²) >= 11 is 0. The monoisotopic (exact) mass is 418 g/mol. The highest BCUT2D eigenvalue weighted by molar-refractivity contribution is 5.89. The Hall–Kier alpha value is -2.23. The molecule has 2 heterocycles. The van der Waals surface area contributed by atoms with Gasteiger partial charge < -0.3 is 34.8 Å². The van der Waals surface area contributed by atoms with Gasteiger partial charge in [-0.15, -0.1) is 0 Å². The van der Waals surface area contributed by atoms with Gasteiger partial charge in [-0.05, 0) is 20.3 Å². The average molecular weight is 418 g/mol. The molecule has 0 unspecified atom stereocenters. The second-order valence-corrected chi connectivity index (χ2v) is 7.93. The number of aromatic nitrogens is 2. The van der Waals surface area contributed by atoms with Gasteiger partial charge in [-0.25, -0.2) is 4.98 Å². The quantitative estimate of drug-likeness (QED) is 0.412. The lowest BCUT2D eigenvalue weighted by Crippen LogP contribution is -2.36. The van der Waals surface area contributed by atoms with Crippen LogP contribution in [-0.4, -0.2) is 59.5 Å². The summed E-state index contributed by atoms with van der Waals surface area (Å²) in [6.07, 6.45) is 0.692. The summed E-state index contributed by atoms with van der Waals surface area (Å²) in [7, 11) is 1.83. The SMILES string of the molecule is Cc1nc2c3c(c(O)cc2n1C)[C@@H](O)O[C@@H](C)[C@H](C)C=C[C@H](O)[C@@H](O)[C@@H](O)CC=C3. The maximum absolute atomic E-state index is 10.8. The number of fused-ring (bicyclic) bond motifs is 3. The van der Waals surface area contributed by atoms with E-state index >= 15 is 0 Å². The zero-order chi connectivity index (χ0) is 22.2. The molecule has 8 heteroatoms. The summed E-state index contributed by atoms with van der Waals surface area (Å²) < 4.78 is 7.59. The third-order valence-corrected chi connectivity index (χ3v) is 5.81. The van der Waals surface area contributed by atoms with E-state index in [0.717, 1.165) is 5.82 Å². The first-order valence-corrected chi connectivity index (χ1v) is 10.0. The van der Waals surface area contributed by atoms with Crippen LogP contribution in [0.5, 0.6) is 5.75 Å². The Morgan fingerprint density at radius 3 is 2.53 bits per heavy atom. The van der Waals surface area contributed by atoms with Crippen molar-refractivity contribution in [3.05, 3.63) is 41.2 Å². The third-order valence-electron chi connectivity index (χ3n) is 5.81. The van der Waals surface area contributed by atoms with Gasteiger partial charge in [0.05, 0.1) is 28.8 Å². The Bertz CT molecular complexity index is 966. The van der Waals surface area contributed by atoms with E-state index in [4.69, 9.17) is 4.74 Å². The van der Waals surface area contributed by atoms with Crippen molar-refractivity contribution in [2.45, 2.75) is 57.9 Å². The van der Waals surface area contributed by atoms with E-state index in [1.165, 1.54) is 6.08 Å². The molecule has 30 heavy (non-hydrogen) atoms. The van der Waals surface area contributed by atoms with Gasteiger partial charge in [-0.2, -0.15) is 0 Å². The molecule has 2 aromatic rings. The molecular formula is C22H30N2O6. The van der Waals surface area contributed by atoms with Crippen LogP contribution < -0.4 is 0 Å². The van der Waals surface area contributed by atoms with Crippen LogP contribution in [0.2, 0.25) is 0 Å². The number of imidazole rings is 1. The van der Waals surface area contributed by atoms with Crippen LogP contribution in [0.15, 0.2) is 24.3 Å². The average Bonchev–Trinajstić information content (AvgIpc) is 2.98. The van der Waals surface area contributed by atoms with Gasteiger partial charge >= 0.3 is 0 Å². The molecule has 0 aliphatic carbocycles. The van der Waals surface area contributed by atoms with Crippen LogP contribution in [0.25, 0.3) is 17.1 Å². The number of rotatable bonds is 0. The lowest BCUT2D eigenvalue weighted by atomic mass is 9.98. The number of hydrogen-bond acceptors (Lipinski definition) is 7. The normalized spacial score (nSPS) is 30.9. The highest BCUT2D eigenvalue weighted by atomic mass is 16.6. The van der Waals surface area contributed by atoms with E-state index in [1.807, 2.05) is 25.5 Å². The fourth-order valence-electron chi connectivity index (χ4n) is 3.54. The summed E-state index contributed by atoms with van der Waals surface area (Å²) in [5.41, 5.74) is 1.91. The maximum Gasteiger partial charge on any atom is 0.185 e. The molecule has 1 aliphatic rings. The van der Waals surface area contributed by atoms with Crippen LogP contribution in [0.1, 0.15) is 43.5 Å². The largest absolute Gasteiger partial charge is 0.507 e. The van der Waals surface area contributed by atoms with Gasteiger partial charge in [0.25, 0.3) is 0 Å². The Balaban J connectivity index is 2.16. The second kappa shape index (κ2) is 8.87. The first kappa shape index (κ1) is 22.5. The summed E-state index contributed by atoms with van der Waals surface area (Å²) in [5, 5.41) is 52.1. The van der Waals surface area contributed by atoms with Crippen molar-refractivity contribution in [1.82, 2.24) is 9.55 Å². The number of aromatic hydroxyl groups is 1. The molecule has 1 aromatic heterocycles. The van der Waals surface area contributed by atoms with Gasteiger partial charge in [0.15, 0.2) is 6.29 Å². The van der Waals surface area contributed by atoms with E-state index < -0.39 is 30.7 Å². The summed E-state index contributed by atoms with van der Waals surface area (Å²) in [6, 6.07) is 1.54. The molecule has 1 aliphatic heterocycles. The molecular weight excluding hydrogens is 388 g/mol. The molecule has 0 fully saturated rings. The van der Waals surface area contributed by atoms with E-state index in [-0.39, 0.29) is 23.7 Å². The van der Waals surface area contributed by atoms with Gasteiger partial charge in [0.1, 0.15) is 23.8 Å². The van der Waals surface area contributed by atoms with Crippen molar-refractivity contribution in [3.8, 4) is 5.75 Å². The molecule has 5 N–H and O–H groups in total. The number of nitrogens with zero attached hydrogens (tertiary/aromatic N) is 2. The number of ether oxygens (including phenoxy) is 1.